The monoisotopic (exact) mass is 385 g/mol. The van der Waals surface area contributed by atoms with E-state index in [1.807, 2.05) is 84.9 Å². The van der Waals surface area contributed by atoms with E-state index in [-0.39, 0.29) is 12.5 Å². The topological polar surface area (TPSA) is 47.6 Å². The summed E-state index contributed by atoms with van der Waals surface area (Å²) in [6.07, 6.45) is 1.89. The van der Waals surface area contributed by atoms with Crippen molar-refractivity contribution in [1.29, 1.82) is 0 Å². The molecule has 0 fully saturated rings. The lowest BCUT2D eigenvalue weighted by molar-refractivity contribution is -0.117. The molecule has 1 amide bonds. The maximum Gasteiger partial charge on any atom is 0.250 e. The van der Waals surface area contributed by atoms with Crippen molar-refractivity contribution < 1.29 is 14.3 Å². The van der Waals surface area contributed by atoms with Crippen LogP contribution in [0.15, 0.2) is 84.4 Å². The molecular formula is C25H23NO3. The van der Waals surface area contributed by atoms with Crippen LogP contribution in [0, 0.1) is 0 Å². The van der Waals surface area contributed by atoms with Gasteiger partial charge < -0.3 is 14.8 Å². The summed E-state index contributed by atoms with van der Waals surface area (Å²) < 4.78 is 11.5. The van der Waals surface area contributed by atoms with Crippen molar-refractivity contribution in [2.75, 3.05) is 6.61 Å². The number of ether oxygens (including phenoxy) is 2. The lowest BCUT2D eigenvalue weighted by Gasteiger charge is -2.18. The van der Waals surface area contributed by atoms with Gasteiger partial charge in [-0.1, -0.05) is 72.8 Å². The average molecular weight is 385 g/mol. The van der Waals surface area contributed by atoms with Crippen LogP contribution in [-0.2, 0) is 29.3 Å². The van der Waals surface area contributed by atoms with Gasteiger partial charge in [0.1, 0.15) is 12.4 Å². The summed E-state index contributed by atoms with van der Waals surface area (Å²) in [5.74, 6) is 0.699. The molecule has 0 aliphatic carbocycles. The number of amides is 1. The lowest BCUT2D eigenvalue weighted by atomic mass is 10.1. The standard InChI is InChI=1S/C25H23NO3/c27-25(23-14-20-10-6-7-13-24(20)29-18-23)26-15-21-11-4-5-12-22(21)17-28-16-19-8-2-1-3-9-19/h1-14H,15-18H2,(H,26,27). The van der Waals surface area contributed by atoms with Gasteiger partial charge in [0.2, 0.25) is 0 Å². The maximum atomic E-state index is 12.6. The fourth-order valence-corrected chi connectivity index (χ4v) is 3.26. The summed E-state index contributed by atoms with van der Waals surface area (Å²) >= 11 is 0. The Labute approximate surface area is 170 Å². The molecule has 1 aliphatic heterocycles. The van der Waals surface area contributed by atoms with E-state index >= 15 is 0 Å². The highest BCUT2D eigenvalue weighted by Crippen LogP contribution is 2.25. The Balaban J connectivity index is 1.35. The maximum absolute atomic E-state index is 12.6. The molecule has 3 aromatic carbocycles. The number of hydrogen-bond acceptors (Lipinski definition) is 3. The molecule has 0 unspecified atom stereocenters. The van der Waals surface area contributed by atoms with Gasteiger partial charge in [0.15, 0.2) is 0 Å². The van der Waals surface area contributed by atoms with E-state index in [2.05, 4.69) is 5.32 Å². The Bertz CT molecular complexity index is 1010. The largest absolute Gasteiger partial charge is 0.488 e. The summed E-state index contributed by atoms with van der Waals surface area (Å²) in [6.45, 7) is 1.79. The van der Waals surface area contributed by atoms with Gasteiger partial charge in [0.25, 0.3) is 5.91 Å². The second-order valence-electron chi connectivity index (χ2n) is 6.93. The van der Waals surface area contributed by atoms with Gasteiger partial charge in [-0.15, -0.1) is 0 Å². The van der Waals surface area contributed by atoms with E-state index in [0.29, 0.717) is 25.3 Å². The Morgan fingerprint density at radius 1 is 0.862 bits per heavy atom. The van der Waals surface area contributed by atoms with Crippen LogP contribution in [0.4, 0.5) is 0 Å². The van der Waals surface area contributed by atoms with Crippen LogP contribution in [-0.4, -0.2) is 12.5 Å². The van der Waals surface area contributed by atoms with E-state index < -0.39 is 0 Å². The second-order valence-corrected chi connectivity index (χ2v) is 6.93. The molecule has 0 bridgehead atoms. The summed E-state index contributed by atoms with van der Waals surface area (Å²) in [5, 5.41) is 3.01. The number of para-hydroxylation sites is 1. The minimum atomic E-state index is -0.112. The minimum absolute atomic E-state index is 0.112. The number of benzene rings is 3. The van der Waals surface area contributed by atoms with Crippen LogP contribution in [0.5, 0.6) is 5.75 Å². The van der Waals surface area contributed by atoms with Gasteiger partial charge >= 0.3 is 0 Å². The third kappa shape index (κ3) is 4.92. The number of carbonyl (C=O) groups is 1. The van der Waals surface area contributed by atoms with E-state index in [1.54, 1.807) is 0 Å². The molecule has 1 heterocycles. The first-order chi connectivity index (χ1) is 14.3. The molecule has 0 saturated carbocycles. The third-order valence-corrected chi connectivity index (χ3v) is 4.85. The first-order valence-corrected chi connectivity index (χ1v) is 9.68. The first kappa shape index (κ1) is 19.0. The smallest absolute Gasteiger partial charge is 0.250 e. The molecule has 0 saturated heterocycles. The molecule has 0 spiro atoms. The van der Waals surface area contributed by atoms with E-state index in [0.717, 1.165) is 28.0 Å². The van der Waals surface area contributed by atoms with Crippen LogP contribution in [0.3, 0.4) is 0 Å². The summed E-state index contributed by atoms with van der Waals surface area (Å²) in [6, 6.07) is 25.8. The molecule has 1 aliphatic rings. The van der Waals surface area contributed by atoms with E-state index in [9.17, 15) is 4.79 Å². The van der Waals surface area contributed by atoms with Crippen molar-refractivity contribution in [3.05, 3.63) is 107 Å². The van der Waals surface area contributed by atoms with E-state index in [4.69, 9.17) is 9.47 Å². The highest BCUT2D eigenvalue weighted by atomic mass is 16.5. The van der Waals surface area contributed by atoms with Crippen LogP contribution in [0.2, 0.25) is 0 Å². The minimum Gasteiger partial charge on any atom is -0.488 e. The van der Waals surface area contributed by atoms with Crippen molar-refractivity contribution in [1.82, 2.24) is 5.32 Å². The molecule has 0 aromatic heterocycles. The Morgan fingerprint density at radius 2 is 1.59 bits per heavy atom. The zero-order chi connectivity index (χ0) is 19.9. The molecule has 146 valence electrons. The van der Waals surface area contributed by atoms with Crippen molar-refractivity contribution in [3.63, 3.8) is 0 Å². The third-order valence-electron chi connectivity index (χ3n) is 4.85. The van der Waals surface area contributed by atoms with Crippen LogP contribution in [0.25, 0.3) is 6.08 Å². The average Bonchev–Trinajstić information content (AvgIpc) is 2.78. The number of hydrogen-bond donors (Lipinski definition) is 1. The Hall–Kier alpha value is -3.37. The molecule has 4 nitrogen and oxygen atoms in total. The first-order valence-electron chi connectivity index (χ1n) is 9.68. The highest BCUT2D eigenvalue weighted by molar-refractivity contribution is 5.99. The van der Waals surface area contributed by atoms with E-state index in [1.165, 1.54) is 0 Å². The summed E-state index contributed by atoms with van der Waals surface area (Å²) in [4.78, 5) is 12.6. The quantitative estimate of drug-likeness (QED) is 0.652. The summed E-state index contributed by atoms with van der Waals surface area (Å²) in [7, 11) is 0. The zero-order valence-electron chi connectivity index (χ0n) is 16.1. The van der Waals surface area contributed by atoms with Crippen LogP contribution in [0.1, 0.15) is 22.3 Å². The van der Waals surface area contributed by atoms with Crippen LogP contribution < -0.4 is 10.1 Å². The number of fused-ring (bicyclic) bond motifs is 1. The van der Waals surface area contributed by atoms with Crippen molar-refractivity contribution in [2.24, 2.45) is 0 Å². The molecule has 4 rings (SSSR count). The molecular weight excluding hydrogens is 362 g/mol. The number of nitrogens with one attached hydrogen (secondary N) is 1. The molecule has 3 aromatic rings. The predicted octanol–water partition coefficient (Wildman–Crippen LogP) is 4.50. The van der Waals surface area contributed by atoms with Gasteiger partial charge in [-0.3, -0.25) is 4.79 Å². The number of rotatable bonds is 7. The lowest BCUT2D eigenvalue weighted by Crippen LogP contribution is -2.28. The molecule has 0 radical (unpaired) electrons. The van der Waals surface area contributed by atoms with Gasteiger partial charge in [0.05, 0.1) is 18.8 Å². The van der Waals surface area contributed by atoms with Crippen LogP contribution >= 0.6 is 0 Å². The highest BCUT2D eigenvalue weighted by Gasteiger charge is 2.17. The SMILES string of the molecule is O=C(NCc1ccccc1COCc1ccccc1)C1=Cc2ccccc2OC1. The van der Waals surface area contributed by atoms with Crippen molar-refractivity contribution >= 4 is 12.0 Å². The normalized spacial score (nSPS) is 12.5. The second kappa shape index (κ2) is 9.22. The fraction of sp³-hybridized carbons (Fsp3) is 0.160. The Kier molecular flexibility index (Phi) is 6.03. The molecule has 4 heteroatoms. The van der Waals surface area contributed by atoms with Gasteiger partial charge in [0, 0.05) is 12.1 Å². The molecule has 1 N–H and O–H groups in total. The predicted molar refractivity (Wildman–Crippen MR) is 113 cm³/mol. The van der Waals surface area contributed by atoms with Gasteiger partial charge in [-0.25, -0.2) is 0 Å². The zero-order valence-corrected chi connectivity index (χ0v) is 16.1. The van der Waals surface area contributed by atoms with Gasteiger partial charge in [-0.2, -0.15) is 0 Å². The molecule has 0 atom stereocenters. The fourth-order valence-electron chi connectivity index (χ4n) is 3.26. The number of carbonyl (C=O) groups excluding carboxylic acids is 1. The van der Waals surface area contributed by atoms with Crippen molar-refractivity contribution in [3.8, 4) is 5.75 Å². The Morgan fingerprint density at radius 3 is 2.45 bits per heavy atom. The summed E-state index contributed by atoms with van der Waals surface area (Å²) in [5.41, 5.74) is 4.82. The molecule has 29 heavy (non-hydrogen) atoms. The van der Waals surface area contributed by atoms with Crippen molar-refractivity contribution in [2.45, 2.75) is 19.8 Å². The van der Waals surface area contributed by atoms with Gasteiger partial charge in [-0.05, 0) is 28.8 Å².